The minimum absolute atomic E-state index is 0.00620. The fraction of sp³-hybridized carbons (Fsp3) is 0.600. The summed E-state index contributed by atoms with van der Waals surface area (Å²) >= 11 is 0. The van der Waals surface area contributed by atoms with Crippen LogP contribution < -0.4 is 5.32 Å². The molecule has 6 nitrogen and oxygen atoms in total. The lowest BCUT2D eigenvalue weighted by atomic mass is 10.2. The zero-order valence-electron chi connectivity index (χ0n) is 9.44. The molecule has 1 rings (SSSR count). The maximum absolute atomic E-state index is 11.3. The van der Waals surface area contributed by atoms with Crippen molar-refractivity contribution in [3.05, 3.63) is 11.8 Å². The summed E-state index contributed by atoms with van der Waals surface area (Å²) in [7, 11) is 0. The number of alkyl carbamates (subject to hydrolysis) is 1. The van der Waals surface area contributed by atoms with Crippen LogP contribution in [0.5, 0.6) is 0 Å². The summed E-state index contributed by atoms with van der Waals surface area (Å²) in [5, 5.41) is 11.0. The maximum atomic E-state index is 11.3. The van der Waals surface area contributed by atoms with E-state index in [0.29, 0.717) is 0 Å². The second kappa shape index (κ2) is 4.52. The van der Waals surface area contributed by atoms with Crippen molar-refractivity contribution in [2.45, 2.75) is 32.5 Å². The van der Waals surface area contributed by atoms with Gasteiger partial charge in [-0.15, -0.1) is 0 Å². The molecule has 0 aromatic heterocycles. The molecular weight excluding hydrogens is 214 g/mol. The van der Waals surface area contributed by atoms with E-state index in [1.165, 1.54) is 6.08 Å². The summed E-state index contributed by atoms with van der Waals surface area (Å²) in [6.07, 6.45) is -0.0848. The molecule has 1 amide bonds. The predicted octanol–water partition coefficient (Wildman–Crippen LogP) is 0.313. The summed E-state index contributed by atoms with van der Waals surface area (Å²) in [6, 6.07) is 0. The van der Waals surface area contributed by atoms with E-state index in [9.17, 15) is 9.59 Å². The fourth-order valence-electron chi connectivity index (χ4n) is 1.09. The number of aliphatic hydroxyl groups excluding tert-OH is 1. The van der Waals surface area contributed by atoms with E-state index in [1.54, 1.807) is 20.8 Å². The Balaban J connectivity index is 2.55. The van der Waals surface area contributed by atoms with Crippen LogP contribution in [0.25, 0.3) is 0 Å². The topological polar surface area (TPSA) is 84.9 Å². The van der Waals surface area contributed by atoms with Crippen LogP contribution in [0.1, 0.15) is 20.8 Å². The molecule has 0 aliphatic carbocycles. The van der Waals surface area contributed by atoms with Gasteiger partial charge in [0, 0.05) is 0 Å². The number of hydrogen-bond acceptors (Lipinski definition) is 5. The average molecular weight is 229 g/mol. The maximum Gasteiger partial charge on any atom is 0.412 e. The van der Waals surface area contributed by atoms with Crippen LogP contribution >= 0.6 is 0 Å². The Morgan fingerprint density at radius 2 is 2.25 bits per heavy atom. The van der Waals surface area contributed by atoms with Crippen LogP contribution in [0, 0.1) is 0 Å². The molecule has 0 bridgehead atoms. The van der Waals surface area contributed by atoms with Crippen LogP contribution in [0.15, 0.2) is 11.8 Å². The van der Waals surface area contributed by atoms with Crippen LogP contribution in [-0.4, -0.2) is 35.5 Å². The smallest absolute Gasteiger partial charge is 0.412 e. The molecule has 0 aromatic carbocycles. The number of rotatable bonds is 2. The highest BCUT2D eigenvalue weighted by atomic mass is 16.6. The second-order valence-corrected chi connectivity index (χ2v) is 4.33. The first-order valence-electron chi connectivity index (χ1n) is 4.85. The van der Waals surface area contributed by atoms with Gasteiger partial charge in [0.15, 0.2) is 0 Å². The van der Waals surface area contributed by atoms with E-state index in [-0.39, 0.29) is 12.3 Å². The lowest BCUT2D eigenvalue weighted by Gasteiger charge is -2.19. The lowest BCUT2D eigenvalue weighted by Crippen LogP contribution is -2.33. The van der Waals surface area contributed by atoms with Gasteiger partial charge in [-0.3, -0.25) is 5.32 Å². The molecule has 0 saturated heterocycles. The van der Waals surface area contributed by atoms with Crippen LogP contribution in [0.4, 0.5) is 4.79 Å². The number of ether oxygens (including phenoxy) is 2. The Bertz CT molecular complexity index is 329. The first-order chi connectivity index (χ1) is 7.31. The zero-order chi connectivity index (χ0) is 12.3. The molecule has 0 spiro atoms. The Kier molecular flexibility index (Phi) is 3.54. The summed E-state index contributed by atoms with van der Waals surface area (Å²) in [6.45, 7) is 4.82. The van der Waals surface area contributed by atoms with E-state index in [1.807, 2.05) is 0 Å². The average Bonchev–Trinajstić information content (AvgIpc) is 2.44. The number of carbonyl (C=O) groups excluding carboxylic acids is 2. The molecule has 1 atom stereocenters. The highest BCUT2D eigenvalue weighted by molar-refractivity contribution is 5.94. The van der Waals surface area contributed by atoms with Gasteiger partial charge in [0.2, 0.25) is 0 Å². The minimum Gasteiger partial charge on any atom is -0.451 e. The monoisotopic (exact) mass is 229 g/mol. The molecule has 1 aliphatic rings. The normalized spacial score (nSPS) is 20.1. The van der Waals surface area contributed by atoms with E-state index >= 15 is 0 Å². The zero-order valence-corrected chi connectivity index (χ0v) is 9.44. The first-order valence-corrected chi connectivity index (χ1v) is 4.85. The molecular formula is C10H15NO5. The third-order valence-corrected chi connectivity index (χ3v) is 1.65. The summed E-state index contributed by atoms with van der Waals surface area (Å²) in [4.78, 5) is 22.5. The van der Waals surface area contributed by atoms with Crippen LogP contribution in [-0.2, 0) is 14.3 Å². The largest absolute Gasteiger partial charge is 0.451 e. The Hall–Kier alpha value is -1.56. The van der Waals surface area contributed by atoms with Crippen molar-refractivity contribution < 1.29 is 24.2 Å². The molecule has 0 saturated carbocycles. The van der Waals surface area contributed by atoms with Crippen LogP contribution in [0.3, 0.4) is 0 Å². The molecule has 6 heteroatoms. The molecule has 0 unspecified atom stereocenters. The third kappa shape index (κ3) is 3.54. The number of nitrogens with one attached hydrogen (secondary N) is 1. The molecule has 0 fully saturated rings. The number of aliphatic hydroxyl groups is 1. The highest BCUT2D eigenvalue weighted by Gasteiger charge is 2.27. The predicted molar refractivity (Wildman–Crippen MR) is 54.4 cm³/mol. The lowest BCUT2D eigenvalue weighted by molar-refractivity contribution is -0.141. The number of cyclic esters (lactones) is 1. The fourth-order valence-corrected chi connectivity index (χ4v) is 1.09. The van der Waals surface area contributed by atoms with Gasteiger partial charge in [-0.1, -0.05) is 0 Å². The van der Waals surface area contributed by atoms with Gasteiger partial charge < -0.3 is 14.6 Å². The van der Waals surface area contributed by atoms with Gasteiger partial charge in [-0.05, 0) is 26.8 Å². The molecule has 0 radical (unpaired) electrons. The Morgan fingerprint density at radius 3 is 2.69 bits per heavy atom. The van der Waals surface area contributed by atoms with E-state index in [4.69, 9.17) is 14.6 Å². The van der Waals surface area contributed by atoms with Crippen molar-refractivity contribution in [3.63, 3.8) is 0 Å². The van der Waals surface area contributed by atoms with Gasteiger partial charge in [0.05, 0.1) is 6.61 Å². The summed E-state index contributed by atoms with van der Waals surface area (Å²) < 4.78 is 9.66. The molecule has 0 aromatic rings. The van der Waals surface area contributed by atoms with E-state index in [2.05, 4.69) is 5.32 Å². The van der Waals surface area contributed by atoms with Crippen molar-refractivity contribution in [1.82, 2.24) is 5.32 Å². The molecule has 1 heterocycles. The first kappa shape index (κ1) is 12.5. The second-order valence-electron chi connectivity index (χ2n) is 4.33. The van der Waals surface area contributed by atoms with Crippen LogP contribution in [0.2, 0.25) is 0 Å². The van der Waals surface area contributed by atoms with Gasteiger partial charge in [0.25, 0.3) is 0 Å². The van der Waals surface area contributed by atoms with Crippen molar-refractivity contribution >= 4 is 12.1 Å². The number of amides is 1. The highest BCUT2D eigenvalue weighted by Crippen LogP contribution is 2.12. The molecule has 1 aliphatic heterocycles. The molecule has 16 heavy (non-hydrogen) atoms. The van der Waals surface area contributed by atoms with Crippen molar-refractivity contribution in [3.8, 4) is 0 Å². The van der Waals surface area contributed by atoms with Gasteiger partial charge in [0.1, 0.15) is 17.4 Å². The van der Waals surface area contributed by atoms with E-state index in [0.717, 1.165) is 0 Å². The Morgan fingerprint density at radius 1 is 1.62 bits per heavy atom. The summed E-state index contributed by atoms with van der Waals surface area (Å²) in [5.41, 5.74) is -0.642. The van der Waals surface area contributed by atoms with Gasteiger partial charge >= 0.3 is 12.1 Å². The quantitative estimate of drug-likeness (QED) is 0.666. The third-order valence-electron chi connectivity index (χ3n) is 1.65. The standard InChI is InChI=1S/C10H15NO5/c1-10(2,3)16-9(14)11-7-4-6(5-12)15-8(7)13/h4,6,12H,5H2,1-3H3,(H,11,14)/t6-/m0/s1. The molecule has 90 valence electrons. The van der Waals surface area contributed by atoms with E-state index < -0.39 is 23.8 Å². The van der Waals surface area contributed by atoms with Crippen molar-refractivity contribution in [1.29, 1.82) is 0 Å². The minimum atomic E-state index is -0.728. The summed E-state index contributed by atoms with van der Waals surface area (Å²) in [5.74, 6) is -0.676. The number of esters is 1. The Labute approximate surface area is 93.2 Å². The van der Waals surface area contributed by atoms with Crippen molar-refractivity contribution in [2.75, 3.05) is 6.61 Å². The number of carbonyl (C=O) groups is 2. The SMILES string of the molecule is CC(C)(C)OC(=O)NC1=C[C@@H](CO)OC1=O. The molecule has 2 N–H and O–H groups in total. The van der Waals surface area contributed by atoms with Crippen molar-refractivity contribution in [2.24, 2.45) is 0 Å². The van der Waals surface area contributed by atoms with Gasteiger partial charge in [-0.2, -0.15) is 0 Å². The number of hydrogen-bond donors (Lipinski definition) is 2. The van der Waals surface area contributed by atoms with Gasteiger partial charge in [-0.25, -0.2) is 9.59 Å².